The van der Waals surface area contributed by atoms with Gasteiger partial charge in [-0.3, -0.25) is 4.79 Å². The largest absolute Gasteiger partial charge is 0.462 e. The van der Waals surface area contributed by atoms with Gasteiger partial charge in [-0.1, -0.05) is 0 Å². The van der Waals surface area contributed by atoms with Crippen LogP contribution in [-0.4, -0.2) is 28.5 Å². The molecule has 0 atom stereocenters. The molecule has 1 aromatic carbocycles. The maximum atomic E-state index is 12.0. The van der Waals surface area contributed by atoms with E-state index < -0.39 is 5.97 Å². The Morgan fingerprint density at radius 1 is 1.24 bits per heavy atom. The predicted octanol–water partition coefficient (Wildman–Crippen LogP) is 2.67. The zero-order chi connectivity index (χ0) is 15.2. The maximum absolute atomic E-state index is 12.0. The van der Waals surface area contributed by atoms with Crippen molar-refractivity contribution in [2.45, 2.75) is 6.92 Å². The summed E-state index contributed by atoms with van der Waals surface area (Å²) < 4.78 is 5.49. The van der Waals surface area contributed by atoms with Gasteiger partial charge in [0.2, 0.25) is 0 Å². The van der Waals surface area contributed by atoms with Gasteiger partial charge in [0.1, 0.15) is 6.33 Å². The van der Waals surface area contributed by atoms with Crippen molar-refractivity contribution in [2.75, 3.05) is 11.9 Å². The van der Waals surface area contributed by atoms with Gasteiger partial charge < -0.3 is 10.1 Å². The molecule has 1 heterocycles. The van der Waals surface area contributed by atoms with E-state index in [-0.39, 0.29) is 5.91 Å². The van der Waals surface area contributed by atoms with Crippen LogP contribution in [0.2, 0.25) is 0 Å². The highest BCUT2D eigenvalue weighted by molar-refractivity contribution is 9.10. The van der Waals surface area contributed by atoms with Crippen LogP contribution >= 0.6 is 15.9 Å². The molecule has 6 nitrogen and oxygen atoms in total. The van der Waals surface area contributed by atoms with Crippen LogP contribution in [0.1, 0.15) is 27.6 Å². The molecule has 1 aromatic heterocycles. The molecule has 0 bridgehead atoms. The van der Waals surface area contributed by atoms with Crippen LogP contribution in [0.5, 0.6) is 0 Å². The average molecular weight is 350 g/mol. The quantitative estimate of drug-likeness (QED) is 0.858. The highest BCUT2D eigenvalue weighted by Gasteiger charge is 2.12. The molecule has 0 unspecified atom stereocenters. The fourth-order valence-electron chi connectivity index (χ4n) is 1.57. The van der Waals surface area contributed by atoms with E-state index in [9.17, 15) is 9.59 Å². The summed E-state index contributed by atoms with van der Waals surface area (Å²) in [6, 6.07) is 4.80. The molecule has 2 rings (SSSR count). The number of aromatic nitrogens is 2. The zero-order valence-corrected chi connectivity index (χ0v) is 12.8. The second-order valence-electron chi connectivity index (χ2n) is 4.00. The van der Waals surface area contributed by atoms with Crippen LogP contribution in [0, 0.1) is 0 Å². The van der Waals surface area contributed by atoms with Crippen molar-refractivity contribution in [3.63, 3.8) is 0 Å². The lowest BCUT2D eigenvalue weighted by atomic mass is 10.2. The van der Waals surface area contributed by atoms with E-state index in [2.05, 4.69) is 31.2 Å². The number of nitrogens with zero attached hydrogens (tertiary/aromatic N) is 2. The molecule has 108 valence electrons. The molecule has 0 saturated carbocycles. The van der Waals surface area contributed by atoms with E-state index in [0.717, 1.165) is 0 Å². The van der Waals surface area contributed by atoms with Gasteiger partial charge >= 0.3 is 5.97 Å². The van der Waals surface area contributed by atoms with E-state index in [1.807, 2.05) is 0 Å². The molecule has 0 fully saturated rings. The van der Waals surface area contributed by atoms with Crippen molar-refractivity contribution in [3.8, 4) is 0 Å². The molecule has 1 N–H and O–H groups in total. The van der Waals surface area contributed by atoms with Gasteiger partial charge in [0.25, 0.3) is 5.91 Å². The topological polar surface area (TPSA) is 81.2 Å². The van der Waals surface area contributed by atoms with Crippen molar-refractivity contribution in [1.82, 2.24) is 9.97 Å². The van der Waals surface area contributed by atoms with E-state index in [4.69, 9.17) is 4.74 Å². The molecule has 0 saturated heterocycles. The van der Waals surface area contributed by atoms with Gasteiger partial charge in [-0.2, -0.15) is 0 Å². The number of esters is 1. The lowest BCUT2D eigenvalue weighted by Crippen LogP contribution is -2.13. The van der Waals surface area contributed by atoms with Crippen molar-refractivity contribution >= 4 is 33.5 Å². The number of carbonyl (C=O) groups excluding carboxylic acids is 2. The third-order valence-corrected chi connectivity index (χ3v) is 3.21. The number of ether oxygens (including phenoxy) is 1. The van der Waals surface area contributed by atoms with E-state index in [1.165, 1.54) is 18.7 Å². The lowest BCUT2D eigenvalue weighted by molar-refractivity contribution is 0.0526. The van der Waals surface area contributed by atoms with Crippen LogP contribution in [0.3, 0.4) is 0 Å². The van der Waals surface area contributed by atoms with Crippen molar-refractivity contribution in [3.05, 3.63) is 52.5 Å². The van der Waals surface area contributed by atoms with Crippen LogP contribution in [0.25, 0.3) is 0 Å². The molecule has 0 spiro atoms. The highest BCUT2D eigenvalue weighted by Crippen LogP contribution is 2.24. The van der Waals surface area contributed by atoms with Crippen molar-refractivity contribution < 1.29 is 14.3 Å². The van der Waals surface area contributed by atoms with Crippen molar-refractivity contribution in [2.24, 2.45) is 0 Å². The monoisotopic (exact) mass is 349 g/mol. The third kappa shape index (κ3) is 3.85. The summed E-state index contributed by atoms with van der Waals surface area (Å²) >= 11 is 3.31. The van der Waals surface area contributed by atoms with Crippen LogP contribution < -0.4 is 5.32 Å². The number of rotatable bonds is 4. The van der Waals surface area contributed by atoms with Gasteiger partial charge in [-0.25, -0.2) is 14.8 Å². The first-order valence-corrected chi connectivity index (χ1v) is 6.94. The Labute approximate surface area is 129 Å². The maximum Gasteiger partial charge on any atom is 0.338 e. The number of halogens is 1. The van der Waals surface area contributed by atoms with Crippen LogP contribution in [-0.2, 0) is 4.74 Å². The summed E-state index contributed by atoms with van der Waals surface area (Å²) in [5.41, 5.74) is 1.29. The molecule has 0 aliphatic heterocycles. The standard InChI is InChI=1S/C14H12BrN3O3/c1-2-21-14(20)9-3-4-12(11(15)5-9)18-13(19)10-6-16-8-17-7-10/h3-8H,2H2,1H3,(H,18,19). The number of amides is 1. The Hall–Kier alpha value is -2.28. The Morgan fingerprint density at radius 3 is 2.57 bits per heavy atom. The number of hydrogen-bond acceptors (Lipinski definition) is 5. The van der Waals surface area contributed by atoms with Gasteiger partial charge in [-0.05, 0) is 41.1 Å². The summed E-state index contributed by atoms with van der Waals surface area (Å²) in [7, 11) is 0. The molecular weight excluding hydrogens is 338 g/mol. The number of anilines is 1. The zero-order valence-electron chi connectivity index (χ0n) is 11.2. The fourth-order valence-corrected chi connectivity index (χ4v) is 2.05. The molecule has 21 heavy (non-hydrogen) atoms. The van der Waals surface area contributed by atoms with Gasteiger partial charge in [0.15, 0.2) is 0 Å². The first-order chi connectivity index (χ1) is 10.1. The minimum Gasteiger partial charge on any atom is -0.462 e. The molecule has 0 radical (unpaired) electrons. The van der Waals surface area contributed by atoms with E-state index in [1.54, 1.807) is 25.1 Å². The normalized spacial score (nSPS) is 10.0. The minimum atomic E-state index is -0.410. The Morgan fingerprint density at radius 2 is 1.95 bits per heavy atom. The molecule has 7 heteroatoms. The minimum absolute atomic E-state index is 0.308. The Balaban J connectivity index is 2.15. The van der Waals surface area contributed by atoms with Gasteiger partial charge in [0.05, 0.1) is 23.4 Å². The highest BCUT2D eigenvalue weighted by atomic mass is 79.9. The van der Waals surface area contributed by atoms with Gasteiger partial charge in [-0.15, -0.1) is 0 Å². The number of benzene rings is 1. The summed E-state index contributed by atoms with van der Waals surface area (Å²) in [5, 5.41) is 2.71. The second-order valence-corrected chi connectivity index (χ2v) is 4.85. The summed E-state index contributed by atoms with van der Waals surface area (Å²) in [4.78, 5) is 31.2. The molecule has 2 aromatic rings. The average Bonchev–Trinajstić information content (AvgIpc) is 2.50. The molecule has 0 aliphatic carbocycles. The fraction of sp³-hybridized carbons (Fsp3) is 0.143. The molecule has 1 amide bonds. The Bertz CT molecular complexity index is 662. The Kier molecular flexibility index (Phi) is 4.99. The lowest BCUT2D eigenvalue weighted by Gasteiger charge is -2.08. The third-order valence-electron chi connectivity index (χ3n) is 2.55. The smallest absolute Gasteiger partial charge is 0.338 e. The first kappa shape index (κ1) is 15.1. The van der Waals surface area contributed by atoms with Crippen molar-refractivity contribution in [1.29, 1.82) is 0 Å². The number of carbonyl (C=O) groups is 2. The number of nitrogens with one attached hydrogen (secondary N) is 1. The van der Waals surface area contributed by atoms with Crippen LogP contribution in [0.15, 0.2) is 41.4 Å². The first-order valence-electron chi connectivity index (χ1n) is 6.15. The van der Waals surface area contributed by atoms with E-state index >= 15 is 0 Å². The predicted molar refractivity (Wildman–Crippen MR) is 80.1 cm³/mol. The SMILES string of the molecule is CCOC(=O)c1ccc(NC(=O)c2cncnc2)c(Br)c1. The second kappa shape index (κ2) is 6.94. The molecular formula is C14H12BrN3O3. The van der Waals surface area contributed by atoms with Gasteiger partial charge in [0, 0.05) is 16.9 Å². The van der Waals surface area contributed by atoms with E-state index in [0.29, 0.717) is 27.9 Å². The number of hydrogen-bond donors (Lipinski definition) is 1. The summed E-state index contributed by atoms with van der Waals surface area (Å²) in [5.74, 6) is -0.743. The summed E-state index contributed by atoms with van der Waals surface area (Å²) in [6.07, 6.45) is 4.19. The van der Waals surface area contributed by atoms with Crippen LogP contribution in [0.4, 0.5) is 5.69 Å². The molecule has 0 aliphatic rings. The summed E-state index contributed by atoms with van der Waals surface area (Å²) in [6.45, 7) is 2.05.